The molecule has 0 amide bonds. The maximum Gasteiger partial charge on any atom is 0.181 e. The first-order valence-corrected chi connectivity index (χ1v) is 5.07. The van der Waals surface area contributed by atoms with E-state index in [4.69, 9.17) is 27.6 Å². The lowest BCUT2D eigenvalue weighted by Gasteiger charge is -2.01. The minimum absolute atomic E-state index is 0.222. The predicted molar refractivity (Wildman–Crippen MR) is 56.5 cm³/mol. The van der Waals surface area contributed by atoms with Gasteiger partial charge in [0.15, 0.2) is 12.2 Å². The van der Waals surface area contributed by atoms with Crippen molar-refractivity contribution in [3.8, 4) is 11.3 Å². The molecule has 0 atom stereocenters. The Balaban J connectivity index is 2.54. The highest BCUT2D eigenvalue weighted by Crippen LogP contribution is 2.31. The summed E-state index contributed by atoms with van der Waals surface area (Å²) in [6.45, 7) is 0. The summed E-state index contributed by atoms with van der Waals surface area (Å²) in [7, 11) is 0. The second-order valence-corrected chi connectivity index (χ2v) is 3.56. The average Bonchev–Trinajstić information content (AvgIpc) is 2.65. The van der Waals surface area contributed by atoms with Crippen molar-refractivity contribution in [2.45, 2.75) is 5.88 Å². The van der Waals surface area contributed by atoms with Crippen LogP contribution >= 0.6 is 23.2 Å². The third kappa shape index (κ3) is 1.98. The van der Waals surface area contributed by atoms with Gasteiger partial charge in [-0.2, -0.15) is 0 Å². The molecule has 0 radical (unpaired) electrons. The van der Waals surface area contributed by atoms with Crippen LogP contribution < -0.4 is 0 Å². The fourth-order valence-corrected chi connectivity index (χ4v) is 1.70. The molecule has 0 N–H and O–H groups in total. The van der Waals surface area contributed by atoms with Gasteiger partial charge in [-0.3, -0.25) is 0 Å². The maximum absolute atomic E-state index is 12.8. The normalized spacial score (nSPS) is 10.6. The molecule has 0 bridgehead atoms. The van der Waals surface area contributed by atoms with Gasteiger partial charge in [0.05, 0.1) is 10.9 Å². The van der Waals surface area contributed by atoms with Gasteiger partial charge in [0.25, 0.3) is 0 Å². The molecular formula is C10H6Cl2FNO. The molecule has 1 heterocycles. The van der Waals surface area contributed by atoms with E-state index in [1.165, 1.54) is 24.6 Å². The Morgan fingerprint density at radius 2 is 2.20 bits per heavy atom. The molecule has 0 aliphatic carbocycles. The van der Waals surface area contributed by atoms with Gasteiger partial charge in [0, 0.05) is 5.56 Å². The van der Waals surface area contributed by atoms with Gasteiger partial charge in [0.1, 0.15) is 11.5 Å². The molecular weight excluding hydrogens is 240 g/mol. The fourth-order valence-electron chi connectivity index (χ4n) is 1.26. The Morgan fingerprint density at radius 1 is 1.40 bits per heavy atom. The van der Waals surface area contributed by atoms with Crippen LogP contribution in [0.5, 0.6) is 0 Å². The van der Waals surface area contributed by atoms with Crippen LogP contribution in [0, 0.1) is 5.82 Å². The average molecular weight is 246 g/mol. The lowest BCUT2D eigenvalue weighted by atomic mass is 10.1. The van der Waals surface area contributed by atoms with Crippen molar-refractivity contribution >= 4 is 23.2 Å². The molecule has 5 heteroatoms. The van der Waals surface area contributed by atoms with E-state index in [0.717, 1.165) is 0 Å². The van der Waals surface area contributed by atoms with Crippen LogP contribution in [0.4, 0.5) is 4.39 Å². The van der Waals surface area contributed by atoms with E-state index in [-0.39, 0.29) is 10.9 Å². The minimum Gasteiger partial charge on any atom is -0.443 e. The molecule has 0 fully saturated rings. The SMILES string of the molecule is Fc1ccc(-c2ocnc2CCl)c(Cl)c1. The minimum atomic E-state index is -0.393. The number of alkyl halides is 1. The zero-order chi connectivity index (χ0) is 10.8. The molecule has 2 nitrogen and oxygen atoms in total. The summed E-state index contributed by atoms with van der Waals surface area (Å²) in [5.74, 6) is 0.310. The third-order valence-corrected chi connectivity index (χ3v) is 2.51. The first-order chi connectivity index (χ1) is 7.22. The molecule has 15 heavy (non-hydrogen) atoms. The highest BCUT2D eigenvalue weighted by molar-refractivity contribution is 6.33. The lowest BCUT2D eigenvalue weighted by Crippen LogP contribution is -1.85. The van der Waals surface area contributed by atoms with Crippen molar-refractivity contribution in [3.63, 3.8) is 0 Å². The van der Waals surface area contributed by atoms with Gasteiger partial charge in [-0.15, -0.1) is 11.6 Å². The van der Waals surface area contributed by atoms with Gasteiger partial charge in [-0.25, -0.2) is 9.37 Å². The van der Waals surface area contributed by atoms with Crippen molar-refractivity contribution in [3.05, 3.63) is 41.1 Å². The van der Waals surface area contributed by atoms with Crippen LogP contribution in [0.15, 0.2) is 29.0 Å². The van der Waals surface area contributed by atoms with Crippen LogP contribution in [-0.4, -0.2) is 4.98 Å². The van der Waals surface area contributed by atoms with E-state index >= 15 is 0 Å². The molecule has 78 valence electrons. The number of benzene rings is 1. The van der Waals surface area contributed by atoms with E-state index in [1.807, 2.05) is 0 Å². The number of hydrogen-bond donors (Lipinski definition) is 0. The van der Waals surface area contributed by atoms with Crippen molar-refractivity contribution in [2.24, 2.45) is 0 Å². The number of aromatic nitrogens is 1. The predicted octanol–water partition coefficient (Wildman–Crippen LogP) is 3.87. The Labute approximate surface area is 95.6 Å². The Kier molecular flexibility index (Phi) is 2.93. The first kappa shape index (κ1) is 10.5. The van der Waals surface area contributed by atoms with E-state index in [0.29, 0.717) is 17.0 Å². The highest BCUT2D eigenvalue weighted by Gasteiger charge is 2.13. The molecule has 0 aliphatic heterocycles. The zero-order valence-electron chi connectivity index (χ0n) is 7.51. The summed E-state index contributed by atoms with van der Waals surface area (Å²) >= 11 is 11.5. The Hall–Kier alpha value is -1.06. The van der Waals surface area contributed by atoms with Crippen LogP contribution in [0.3, 0.4) is 0 Å². The smallest absolute Gasteiger partial charge is 0.181 e. The second kappa shape index (κ2) is 4.21. The topological polar surface area (TPSA) is 26.0 Å². The monoisotopic (exact) mass is 245 g/mol. The van der Waals surface area contributed by atoms with Crippen LogP contribution in [0.2, 0.25) is 5.02 Å². The number of halogens is 3. The van der Waals surface area contributed by atoms with E-state index < -0.39 is 5.82 Å². The van der Waals surface area contributed by atoms with Crippen LogP contribution in [0.25, 0.3) is 11.3 Å². The highest BCUT2D eigenvalue weighted by atomic mass is 35.5. The maximum atomic E-state index is 12.8. The van der Waals surface area contributed by atoms with Gasteiger partial charge in [-0.05, 0) is 18.2 Å². The molecule has 2 aromatic rings. The van der Waals surface area contributed by atoms with Crippen molar-refractivity contribution in [2.75, 3.05) is 0 Å². The molecule has 0 saturated carbocycles. The summed E-state index contributed by atoms with van der Waals surface area (Å²) in [5.41, 5.74) is 1.18. The van der Waals surface area contributed by atoms with Crippen LogP contribution in [0.1, 0.15) is 5.69 Å². The van der Waals surface area contributed by atoms with Crippen molar-refractivity contribution in [1.82, 2.24) is 4.98 Å². The largest absolute Gasteiger partial charge is 0.443 e. The summed E-state index contributed by atoms with van der Waals surface area (Å²) in [5, 5.41) is 0.276. The summed E-state index contributed by atoms with van der Waals surface area (Å²) < 4.78 is 18.0. The van der Waals surface area contributed by atoms with Crippen LogP contribution in [-0.2, 0) is 5.88 Å². The zero-order valence-corrected chi connectivity index (χ0v) is 9.02. The van der Waals surface area contributed by atoms with Gasteiger partial charge in [0.2, 0.25) is 0 Å². The molecule has 2 rings (SSSR count). The van der Waals surface area contributed by atoms with E-state index in [1.54, 1.807) is 0 Å². The van der Waals surface area contributed by atoms with Gasteiger partial charge < -0.3 is 4.42 Å². The number of hydrogen-bond acceptors (Lipinski definition) is 2. The van der Waals surface area contributed by atoms with Gasteiger partial charge >= 0.3 is 0 Å². The number of rotatable bonds is 2. The summed E-state index contributed by atoms with van der Waals surface area (Å²) in [6, 6.07) is 4.06. The van der Waals surface area contributed by atoms with E-state index in [2.05, 4.69) is 4.98 Å². The summed E-state index contributed by atoms with van der Waals surface area (Å²) in [4.78, 5) is 3.92. The van der Waals surface area contributed by atoms with E-state index in [9.17, 15) is 4.39 Å². The Morgan fingerprint density at radius 3 is 2.87 bits per heavy atom. The molecule has 0 aliphatic rings. The standard InChI is InChI=1S/C10H6Cl2FNO/c11-4-9-10(15-5-14-9)7-2-1-6(13)3-8(7)12/h1-3,5H,4H2. The molecule has 1 aromatic carbocycles. The number of nitrogens with zero attached hydrogens (tertiary/aromatic N) is 1. The summed E-state index contributed by atoms with van der Waals surface area (Å²) in [6.07, 6.45) is 1.28. The molecule has 0 spiro atoms. The van der Waals surface area contributed by atoms with Crippen molar-refractivity contribution in [1.29, 1.82) is 0 Å². The van der Waals surface area contributed by atoms with Crippen molar-refractivity contribution < 1.29 is 8.81 Å². The number of oxazole rings is 1. The molecule has 0 unspecified atom stereocenters. The lowest BCUT2D eigenvalue weighted by molar-refractivity contribution is 0.571. The van der Waals surface area contributed by atoms with Gasteiger partial charge in [-0.1, -0.05) is 11.6 Å². The third-order valence-electron chi connectivity index (χ3n) is 1.94. The quantitative estimate of drug-likeness (QED) is 0.751. The fraction of sp³-hybridized carbons (Fsp3) is 0.100. The Bertz CT molecular complexity index is 484. The second-order valence-electron chi connectivity index (χ2n) is 2.89. The molecule has 0 saturated heterocycles. The first-order valence-electron chi connectivity index (χ1n) is 4.16. The molecule has 1 aromatic heterocycles.